The van der Waals surface area contributed by atoms with Crippen molar-refractivity contribution < 1.29 is 14.7 Å². The largest absolute Gasteiger partial charge is 0.480 e. The van der Waals surface area contributed by atoms with Gasteiger partial charge in [-0.2, -0.15) is 5.10 Å². The van der Waals surface area contributed by atoms with Gasteiger partial charge in [-0.05, 0) is 32.3 Å². The maximum Gasteiger partial charge on any atom is 0.326 e. The van der Waals surface area contributed by atoms with Gasteiger partial charge in [0.1, 0.15) is 6.04 Å². The Bertz CT molecular complexity index is 764. The van der Waals surface area contributed by atoms with Crippen molar-refractivity contribution in [1.29, 1.82) is 0 Å². The molecule has 0 saturated carbocycles. The Morgan fingerprint density at radius 2 is 1.96 bits per heavy atom. The summed E-state index contributed by atoms with van der Waals surface area (Å²) in [6, 6.07) is 0.816. The molecule has 0 radical (unpaired) electrons. The van der Waals surface area contributed by atoms with Crippen LogP contribution < -0.4 is 5.32 Å². The van der Waals surface area contributed by atoms with Crippen molar-refractivity contribution in [3.05, 3.63) is 23.0 Å². The zero-order chi connectivity index (χ0) is 17.3. The Kier molecular flexibility index (Phi) is 4.68. The van der Waals surface area contributed by atoms with Crippen LogP contribution in [0.3, 0.4) is 0 Å². The molecule has 124 valence electrons. The number of carbonyl (C=O) groups excluding carboxylic acids is 1. The molecule has 0 saturated heterocycles. The van der Waals surface area contributed by atoms with Crippen LogP contribution in [0.15, 0.2) is 6.07 Å². The average molecular weight is 318 g/mol. The number of hydrogen-bond donors (Lipinski definition) is 2. The third-order valence-corrected chi connectivity index (χ3v) is 3.74. The van der Waals surface area contributed by atoms with Crippen LogP contribution in [0.4, 0.5) is 0 Å². The average Bonchev–Trinajstić information content (AvgIpc) is 2.71. The smallest absolute Gasteiger partial charge is 0.326 e. The van der Waals surface area contributed by atoms with E-state index in [9.17, 15) is 14.7 Å². The molecule has 2 N–H and O–H groups in total. The molecule has 2 aromatic rings. The van der Waals surface area contributed by atoms with Gasteiger partial charge in [0, 0.05) is 12.4 Å². The zero-order valence-electron chi connectivity index (χ0n) is 14.0. The van der Waals surface area contributed by atoms with Crippen LogP contribution in [0.2, 0.25) is 0 Å². The summed E-state index contributed by atoms with van der Waals surface area (Å²) < 4.78 is 1.66. The number of pyridine rings is 1. The van der Waals surface area contributed by atoms with E-state index in [1.165, 1.54) is 0 Å². The molecule has 1 unspecified atom stereocenters. The van der Waals surface area contributed by atoms with Crippen LogP contribution in [-0.2, 0) is 11.8 Å². The summed E-state index contributed by atoms with van der Waals surface area (Å²) in [7, 11) is 1.80. The molecular formula is C16H22N4O3. The number of carbonyl (C=O) groups is 2. The van der Waals surface area contributed by atoms with Crippen molar-refractivity contribution >= 4 is 22.9 Å². The first-order chi connectivity index (χ1) is 10.7. The lowest BCUT2D eigenvalue weighted by Crippen LogP contribution is -2.41. The van der Waals surface area contributed by atoms with E-state index >= 15 is 0 Å². The first kappa shape index (κ1) is 16.9. The van der Waals surface area contributed by atoms with Crippen molar-refractivity contribution in [2.45, 2.75) is 40.2 Å². The number of aromatic nitrogens is 3. The summed E-state index contributed by atoms with van der Waals surface area (Å²) in [5.41, 5.74) is 2.41. The van der Waals surface area contributed by atoms with Crippen LogP contribution in [0, 0.1) is 19.8 Å². The number of hydrogen-bond acceptors (Lipinski definition) is 4. The van der Waals surface area contributed by atoms with Crippen LogP contribution in [0.5, 0.6) is 0 Å². The van der Waals surface area contributed by atoms with Crippen LogP contribution in [0.25, 0.3) is 11.0 Å². The van der Waals surface area contributed by atoms with Crippen molar-refractivity contribution in [2.24, 2.45) is 13.0 Å². The van der Waals surface area contributed by atoms with Gasteiger partial charge < -0.3 is 10.4 Å². The predicted molar refractivity (Wildman–Crippen MR) is 86.3 cm³/mol. The molecule has 0 spiro atoms. The van der Waals surface area contributed by atoms with Gasteiger partial charge in [0.25, 0.3) is 5.91 Å². The number of rotatable bonds is 5. The topological polar surface area (TPSA) is 97.1 Å². The van der Waals surface area contributed by atoms with Gasteiger partial charge in [-0.25, -0.2) is 9.78 Å². The summed E-state index contributed by atoms with van der Waals surface area (Å²) >= 11 is 0. The lowest BCUT2D eigenvalue weighted by Gasteiger charge is -2.17. The summed E-state index contributed by atoms with van der Waals surface area (Å²) in [4.78, 5) is 28.2. The Morgan fingerprint density at radius 3 is 2.52 bits per heavy atom. The lowest BCUT2D eigenvalue weighted by molar-refractivity contribution is -0.139. The molecular weight excluding hydrogens is 296 g/mol. The van der Waals surface area contributed by atoms with E-state index in [-0.39, 0.29) is 5.92 Å². The molecule has 1 atom stereocenters. The van der Waals surface area contributed by atoms with E-state index in [1.54, 1.807) is 24.7 Å². The fourth-order valence-corrected chi connectivity index (χ4v) is 2.59. The molecule has 7 nitrogen and oxygen atoms in total. The molecule has 0 aliphatic carbocycles. The molecule has 1 amide bonds. The lowest BCUT2D eigenvalue weighted by atomic mass is 10.0. The maximum absolute atomic E-state index is 12.5. The highest BCUT2D eigenvalue weighted by Crippen LogP contribution is 2.19. The minimum Gasteiger partial charge on any atom is -0.480 e. The van der Waals surface area contributed by atoms with Crippen molar-refractivity contribution in [1.82, 2.24) is 20.1 Å². The molecule has 2 rings (SSSR count). The molecule has 0 aliphatic rings. The van der Waals surface area contributed by atoms with E-state index in [2.05, 4.69) is 15.4 Å². The summed E-state index contributed by atoms with van der Waals surface area (Å²) in [6.45, 7) is 7.41. The Morgan fingerprint density at radius 1 is 1.30 bits per heavy atom. The quantitative estimate of drug-likeness (QED) is 0.876. The molecule has 7 heteroatoms. The van der Waals surface area contributed by atoms with Crippen LogP contribution in [0.1, 0.15) is 42.0 Å². The zero-order valence-corrected chi connectivity index (χ0v) is 14.0. The van der Waals surface area contributed by atoms with Gasteiger partial charge in [0.05, 0.1) is 17.0 Å². The fourth-order valence-electron chi connectivity index (χ4n) is 2.59. The fraction of sp³-hybridized carbons (Fsp3) is 0.500. The number of nitrogens with zero attached hydrogens (tertiary/aromatic N) is 3. The second-order valence-electron chi connectivity index (χ2n) is 6.20. The summed E-state index contributed by atoms with van der Waals surface area (Å²) in [6.07, 6.45) is 0.377. The SMILES string of the molecule is Cc1nc2c(cc1C(=O)NC(CC(C)C)C(=O)O)c(C)nn2C. The highest BCUT2D eigenvalue weighted by molar-refractivity contribution is 6.00. The summed E-state index contributed by atoms with van der Waals surface area (Å²) in [5.74, 6) is -1.29. The van der Waals surface area contributed by atoms with E-state index in [0.717, 1.165) is 11.1 Å². The number of aryl methyl sites for hydroxylation is 3. The number of amides is 1. The van der Waals surface area contributed by atoms with Crippen molar-refractivity contribution in [2.75, 3.05) is 0 Å². The maximum atomic E-state index is 12.5. The van der Waals surface area contributed by atoms with Crippen molar-refractivity contribution in [3.8, 4) is 0 Å². The van der Waals surface area contributed by atoms with Gasteiger partial charge in [-0.15, -0.1) is 0 Å². The third-order valence-electron chi connectivity index (χ3n) is 3.74. The van der Waals surface area contributed by atoms with Gasteiger partial charge in [0.15, 0.2) is 5.65 Å². The monoisotopic (exact) mass is 318 g/mol. The molecule has 23 heavy (non-hydrogen) atoms. The number of aliphatic carboxylic acids is 1. The molecule has 0 aliphatic heterocycles. The summed E-state index contributed by atoms with van der Waals surface area (Å²) in [5, 5.41) is 16.9. The van der Waals surface area contributed by atoms with E-state index < -0.39 is 17.9 Å². The molecule has 0 aromatic carbocycles. The van der Waals surface area contributed by atoms with Gasteiger partial charge in [-0.1, -0.05) is 13.8 Å². The molecule has 0 bridgehead atoms. The number of carboxylic acid groups (broad SMARTS) is 1. The van der Waals surface area contributed by atoms with E-state index in [1.807, 2.05) is 20.8 Å². The number of carboxylic acids is 1. The van der Waals surface area contributed by atoms with Crippen molar-refractivity contribution in [3.63, 3.8) is 0 Å². The first-order valence-electron chi connectivity index (χ1n) is 7.55. The second kappa shape index (κ2) is 6.36. The standard InChI is InChI=1S/C16H22N4O3/c1-8(2)6-13(16(22)23)18-15(21)12-7-11-10(4)19-20(5)14(11)17-9(12)3/h7-8,13H,6H2,1-5H3,(H,18,21)(H,22,23). The van der Waals surface area contributed by atoms with Gasteiger partial charge in [-0.3, -0.25) is 9.48 Å². The van der Waals surface area contributed by atoms with E-state index in [4.69, 9.17) is 0 Å². The normalized spacial score (nSPS) is 12.6. The first-order valence-corrected chi connectivity index (χ1v) is 7.55. The van der Waals surface area contributed by atoms with E-state index in [0.29, 0.717) is 23.3 Å². The minimum atomic E-state index is -1.03. The molecule has 0 fully saturated rings. The van der Waals surface area contributed by atoms with Crippen LogP contribution in [-0.4, -0.2) is 37.8 Å². The van der Waals surface area contributed by atoms with Gasteiger partial charge in [0.2, 0.25) is 0 Å². The third kappa shape index (κ3) is 3.49. The molecule has 2 heterocycles. The second-order valence-corrected chi connectivity index (χ2v) is 6.20. The highest BCUT2D eigenvalue weighted by atomic mass is 16.4. The number of fused-ring (bicyclic) bond motifs is 1. The Balaban J connectivity index is 2.35. The Hall–Kier alpha value is -2.44. The highest BCUT2D eigenvalue weighted by Gasteiger charge is 2.23. The predicted octanol–water partition coefficient (Wildman–Crippen LogP) is 1.81. The van der Waals surface area contributed by atoms with Crippen LogP contribution >= 0.6 is 0 Å². The Labute approximate surface area is 134 Å². The molecule has 2 aromatic heterocycles. The van der Waals surface area contributed by atoms with Gasteiger partial charge >= 0.3 is 5.97 Å². The minimum absolute atomic E-state index is 0.165. The number of nitrogens with one attached hydrogen (secondary N) is 1.